The third-order valence-corrected chi connectivity index (χ3v) is 4.71. The molecule has 0 heterocycles. The minimum Gasteiger partial charge on any atom is -0.506 e. The highest BCUT2D eigenvalue weighted by molar-refractivity contribution is 14.1. The molecular formula is C8H5I3O2. The Labute approximate surface area is 117 Å². The fourth-order valence-electron chi connectivity index (χ4n) is 0.836. The van der Waals surface area contributed by atoms with E-state index in [4.69, 9.17) is 0 Å². The molecule has 0 aliphatic heterocycles. The third-order valence-electron chi connectivity index (χ3n) is 1.51. The van der Waals surface area contributed by atoms with Crippen molar-refractivity contribution < 1.29 is 10.2 Å². The summed E-state index contributed by atoms with van der Waals surface area (Å²) in [4.78, 5) is 0. The lowest BCUT2D eigenvalue weighted by Crippen LogP contribution is -1.91. The van der Waals surface area contributed by atoms with Gasteiger partial charge in [-0.05, 0) is 67.8 Å². The lowest BCUT2D eigenvalue weighted by atomic mass is 10.2. The predicted molar refractivity (Wildman–Crippen MR) is 78.0 cm³/mol. The Kier molecular flexibility index (Phi) is 4.10. The molecule has 13 heavy (non-hydrogen) atoms. The van der Waals surface area contributed by atoms with Crippen molar-refractivity contribution in [1.29, 1.82) is 0 Å². The molecule has 2 N–H and O–H groups in total. The topological polar surface area (TPSA) is 40.5 Å². The molecule has 0 saturated carbocycles. The van der Waals surface area contributed by atoms with Crippen LogP contribution in [0.4, 0.5) is 0 Å². The second kappa shape index (κ2) is 4.51. The molecule has 0 amide bonds. The summed E-state index contributed by atoms with van der Waals surface area (Å²) in [7, 11) is 0. The van der Waals surface area contributed by atoms with Gasteiger partial charge in [-0.1, -0.05) is 12.7 Å². The molecule has 5 heteroatoms. The first-order valence-electron chi connectivity index (χ1n) is 3.21. The van der Waals surface area contributed by atoms with Crippen LogP contribution in [0.1, 0.15) is 5.56 Å². The van der Waals surface area contributed by atoms with Crippen molar-refractivity contribution in [3.8, 4) is 11.5 Å². The summed E-state index contributed by atoms with van der Waals surface area (Å²) < 4.78 is 1.93. The molecule has 0 spiro atoms. The first-order valence-corrected chi connectivity index (χ1v) is 6.45. The summed E-state index contributed by atoms with van der Waals surface area (Å²) in [6.07, 6.45) is 1.62. The SMILES string of the molecule is C=Cc1c(I)c(O)c(I)c(O)c1I. The van der Waals surface area contributed by atoms with Crippen molar-refractivity contribution in [2.75, 3.05) is 0 Å². The van der Waals surface area contributed by atoms with Crippen LogP contribution in [0.2, 0.25) is 0 Å². The number of phenols is 2. The molecule has 0 aliphatic carbocycles. The molecule has 0 saturated heterocycles. The Morgan fingerprint density at radius 2 is 1.31 bits per heavy atom. The number of hydrogen-bond donors (Lipinski definition) is 2. The summed E-state index contributed by atoms with van der Waals surface area (Å²) in [5, 5.41) is 19.2. The Balaban J connectivity index is 3.66. The molecule has 0 radical (unpaired) electrons. The average Bonchev–Trinajstić information content (AvgIpc) is 2.13. The van der Waals surface area contributed by atoms with E-state index in [9.17, 15) is 10.2 Å². The van der Waals surface area contributed by atoms with Gasteiger partial charge in [-0.25, -0.2) is 0 Å². The molecule has 0 atom stereocenters. The van der Waals surface area contributed by atoms with E-state index in [-0.39, 0.29) is 11.5 Å². The summed E-state index contributed by atoms with van der Waals surface area (Å²) in [5.41, 5.74) is 0.775. The maximum Gasteiger partial charge on any atom is 0.146 e. The van der Waals surface area contributed by atoms with Crippen LogP contribution in [0.25, 0.3) is 6.08 Å². The van der Waals surface area contributed by atoms with E-state index in [2.05, 4.69) is 6.58 Å². The molecule has 2 nitrogen and oxygen atoms in total. The van der Waals surface area contributed by atoms with E-state index in [1.807, 2.05) is 67.8 Å². The van der Waals surface area contributed by atoms with Crippen LogP contribution in [0, 0.1) is 10.7 Å². The van der Waals surface area contributed by atoms with Gasteiger partial charge in [0.05, 0.1) is 10.7 Å². The molecule has 1 rings (SSSR count). The van der Waals surface area contributed by atoms with E-state index >= 15 is 0 Å². The van der Waals surface area contributed by atoms with E-state index in [0.717, 1.165) is 12.7 Å². The minimum atomic E-state index is 0.119. The number of hydrogen-bond acceptors (Lipinski definition) is 2. The molecule has 0 aromatic heterocycles. The van der Waals surface area contributed by atoms with Crippen LogP contribution in [-0.2, 0) is 0 Å². The number of benzene rings is 1. The molecule has 0 aliphatic rings. The highest BCUT2D eigenvalue weighted by Gasteiger charge is 2.16. The zero-order valence-electron chi connectivity index (χ0n) is 6.31. The summed E-state index contributed by atoms with van der Waals surface area (Å²) in [6, 6.07) is 0. The van der Waals surface area contributed by atoms with Crippen LogP contribution < -0.4 is 0 Å². The van der Waals surface area contributed by atoms with Gasteiger partial charge in [0.1, 0.15) is 11.5 Å². The van der Waals surface area contributed by atoms with Crippen molar-refractivity contribution in [2.24, 2.45) is 0 Å². The normalized spacial score (nSPS) is 10.1. The highest BCUT2D eigenvalue weighted by atomic mass is 127. The Morgan fingerprint density at radius 3 is 1.62 bits per heavy atom. The van der Waals surface area contributed by atoms with Crippen molar-refractivity contribution in [1.82, 2.24) is 0 Å². The summed E-state index contributed by atoms with van der Waals surface area (Å²) >= 11 is 5.97. The monoisotopic (exact) mass is 514 g/mol. The minimum absolute atomic E-state index is 0.119. The van der Waals surface area contributed by atoms with Crippen molar-refractivity contribution in [3.05, 3.63) is 22.9 Å². The van der Waals surface area contributed by atoms with Gasteiger partial charge in [0, 0.05) is 5.56 Å². The van der Waals surface area contributed by atoms with Crippen molar-refractivity contribution in [2.45, 2.75) is 0 Å². The fourth-order valence-corrected chi connectivity index (χ4v) is 4.44. The quantitative estimate of drug-likeness (QED) is 0.564. The van der Waals surface area contributed by atoms with Gasteiger partial charge in [0.25, 0.3) is 0 Å². The Bertz CT molecular complexity index is 345. The van der Waals surface area contributed by atoms with E-state index in [0.29, 0.717) is 3.57 Å². The van der Waals surface area contributed by atoms with Gasteiger partial charge >= 0.3 is 0 Å². The maximum atomic E-state index is 9.60. The molecule has 0 fully saturated rings. The van der Waals surface area contributed by atoms with Gasteiger partial charge in [-0.2, -0.15) is 0 Å². The highest BCUT2D eigenvalue weighted by Crippen LogP contribution is 2.40. The number of phenolic OH excluding ortho intramolecular Hbond substituents is 2. The number of halogens is 3. The molecule has 1 aromatic carbocycles. The average molecular weight is 514 g/mol. The number of aromatic hydroxyl groups is 2. The van der Waals surface area contributed by atoms with Gasteiger partial charge in [-0.3, -0.25) is 0 Å². The number of rotatable bonds is 1. The first-order chi connectivity index (χ1) is 6.00. The van der Waals surface area contributed by atoms with E-state index in [1.165, 1.54) is 0 Å². The second-order valence-electron chi connectivity index (χ2n) is 2.26. The van der Waals surface area contributed by atoms with Gasteiger partial charge in [0.15, 0.2) is 0 Å². The van der Waals surface area contributed by atoms with Crippen LogP contribution in [0.5, 0.6) is 11.5 Å². The van der Waals surface area contributed by atoms with Crippen LogP contribution in [0.3, 0.4) is 0 Å². The van der Waals surface area contributed by atoms with E-state index < -0.39 is 0 Å². The molecular weight excluding hydrogens is 509 g/mol. The zero-order valence-corrected chi connectivity index (χ0v) is 12.8. The molecule has 70 valence electrons. The summed E-state index contributed by atoms with van der Waals surface area (Å²) in [5.74, 6) is 0.239. The fraction of sp³-hybridized carbons (Fsp3) is 0. The van der Waals surface area contributed by atoms with Crippen LogP contribution in [-0.4, -0.2) is 10.2 Å². The molecule has 1 aromatic rings. The zero-order chi connectivity index (χ0) is 10.2. The standard InChI is InChI=1S/C8H5I3O2/c1-2-3-4(9)7(12)6(11)8(13)5(3)10/h2,12-13H,1H2. The van der Waals surface area contributed by atoms with Gasteiger partial charge in [0.2, 0.25) is 0 Å². The van der Waals surface area contributed by atoms with E-state index in [1.54, 1.807) is 6.08 Å². The van der Waals surface area contributed by atoms with Crippen molar-refractivity contribution >= 4 is 73.8 Å². The largest absolute Gasteiger partial charge is 0.506 e. The van der Waals surface area contributed by atoms with Gasteiger partial charge in [-0.15, -0.1) is 0 Å². The van der Waals surface area contributed by atoms with Crippen LogP contribution >= 0.6 is 67.8 Å². The van der Waals surface area contributed by atoms with Gasteiger partial charge < -0.3 is 10.2 Å². The Morgan fingerprint density at radius 1 is 0.923 bits per heavy atom. The molecule has 0 bridgehead atoms. The maximum absolute atomic E-state index is 9.60. The van der Waals surface area contributed by atoms with Crippen LogP contribution in [0.15, 0.2) is 6.58 Å². The predicted octanol–water partition coefficient (Wildman–Crippen LogP) is 3.55. The Hall–Kier alpha value is 0.750. The summed E-state index contributed by atoms with van der Waals surface area (Å²) in [6.45, 7) is 3.63. The third kappa shape index (κ3) is 2.06. The second-order valence-corrected chi connectivity index (χ2v) is 5.49. The van der Waals surface area contributed by atoms with Crippen molar-refractivity contribution in [3.63, 3.8) is 0 Å². The smallest absolute Gasteiger partial charge is 0.146 e. The lowest BCUT2D eigenvalue weighted by molar-refractivity contribution is 0.438. The lowest BCUT2D eigenvalue weighted by Gasteiger charge is -2.09. The molecule has 0 unspecified atom stereocenters. The first kappa shape index (κ1) is 11.8.